The van der Waals surface area contributed by atoms with E-state index in [9.17, 15) is 4.79 Å². The van der Waals surface area contributed by atoms with Gasteiger partial charge in [0.15, 0.2) is 6.10 Å². The highest BCUT2D eigenvalue weighted by Crippen LogP contribution is 2.25. The lowest BCUT2D eigenvalue weighted by atomic mass is 10.1. The standard InChI is InChI=1S/C23H31N3O2/c1-5-25-12-14-26(15-13-25)22-11-8-20(16-18(22)3)24-23(27)19(4)28-21-9-6-17(2)7-10-21/h6-11,16,19H,5,12-15H2,1-4H3,(H,24,27). The van der Waals surface area contributed by atoms with E-state index in [1.807, 2.05) is 43.3 Å². The van der Waals surface area contributed by atoms with Crippen molar-refractivity contribution in [3.63, 3.8) is 0 Å². The fraction of sp³-hybridized carbons (Fsp3) is 0.435. The lowest BCUT2D eigenvalue weighted by molar-refractivity contribution is -0.122. The van der Waals surface area contributed by atoms with Gasteiger partial charge in [-0.3, -0.25) is 4.79 Å². The van der Waals surface area contributed by atoms with E-state index < -0.39 is 6.10 Å². The van der Waals surface area contributed by atoms with Gasteiger partial charge >= 0.3 is 0 Å². The Morgan fingerprint density at radius 2 is 1.75 bits per heavy atom. The third-order valence-corrected chi connectivity index (χ3v) is 5.33. The second-order valence-electron chi connectivity index (χ2n) is 7.48. The van der Waals surface area contributed by atoms with Gasteiger partial charge in [0.25, 0.3) is 5.91 Å². The number of nitrogens with one attached hydrogen (secondary N) is 1. The first-order valence-electron chi connectivity index (χ1n) is 10.1. The molecule has 1 amide bonds. The number of hydrogen-bond donors (Lipinski definition) is 1. The van der Waals surface area contributed by atoms with Crippen LogP contribution >= 0.6 is 0 Å². The normalized spacial score (nSPS) is 15.9. The van der Waals surface area contributed by atoms with Gasteiger partial charge < -0.3 is 19.9 Å². The van der Waals surface area contributed by atoms with Crippen LogP contribution in [0.5, 0.6) is 5.75 Å². The number of likely N-dealkylation sites (N-methyl/N-ethyl adjacent to an activating group) is 1. The van der Waals surface area contributed by atoms with Gasteiger partial charge in [-0.05, 0) is 63.2 Å². The van der Waals surface area contributed by atoms with Crippen molar-refractivity contribution in [1.29, 1.82) is 0 Å². The van der Waals surface area contributed by atoms with Gasteiger partial charge in [0, 0.05) is 37.6 Å². The fourth-order valence-corrected chi connectivity index (χ4v) is 3.51. The molecular weight excluding hydrogens is 350 g/mol. The largest absolute Gasteiger partial charge is 0.481 e. The Balaban J connectivity index is 1.59. The van der Waals surface area contributed by atoms with Crippen LogP contribution in [0.3, 0.4) is 0 Å². The van der Waals surface area contributed by atoms with Crippen molar-refractivity contribution in [2.45, 2.75) is 33.8 Å². The molecule has 0 spiro atoms. The number of amides is 1. The molecule has 0 aliphatic carbocycles. The number of ether oxygens (including phenoxy) is 1. The van der Waals surface area contributed by atoms with Crippen molar-refractivity contribution in [3.05, 3.63) is 53.6 Å². The highest BCUT2D eigenvalue weighted by atomic mass is 16.5. The number of carbonyl (C=O) groups excluding carboxylic acids is 1. The van der Waals surface area contributed by atoms with Gasteiger partial charge in [0.1, 0.15) is 5.75 Å². The Bertz CT molecular complexity index is 796. The quantitative estimate of drug-likeness (QED) is 0.825. The van der Waals surface area contributed by atoms with Crippen molar-refractivity contribution in [2.24, 2.45) is 0 Å². The van der Waals surface area contributed by atoms with Gasteiger partial charge in [-0.15, -0.1) is 0 Å². The molecule has 2 aromatic rings. The predicted octanol–water partition coefficient (Wildman–Crippen LogP) is 3.85. The van der Waals surface area contributed by atoms with E-state index in [-0.39, 0.29) is 5.91 Å². The summed E-state index contributed by atoms with van der Waals surface area (Å²) in [7, 11) is 0. The van der Waals surface area contributed by atoms with Gasteiger partial charge in [-0.1, -0.05) is 24.6 Å². The van der Waals surface area contributed by atoms with Crippen LogP contribution in [-0.4, -0.2) is 49.6 Å². The Kier molecular flexibility index (Phi) is 6.57. The number of anilines is 2. The zero-order chi connectivity index (χ0) is 20.1. The van der Waals surface area contributed by atoms with E-state index in [0.717, 1.165) is 44.0 Å². The maximum atomic E-state index is 12.5. The number of aryl methyl sites for hydroxylation is 2. The first-order chi connectivity index (χ1) is 13.5. The number of piperazine rings is 1. The van der Waals surface area contributed by atoms with Crippen LogP contribution in [0.1, 0.15) is 25.0 Å². The molecule has 1 atom stereocenters. The van der Waals surface area contributed by atoms with Crippen molar-refractivity contribution in [1.82, 2.24) is 4.90 Å². The summed E-state index contributed by atoms with van der Waals surface area (Å²) >= 11 is 0. The molecule has 150 valence electrons. The van der Waals surface area contributed by atoms with E-state index in [2.05, 4.69) is 35.0 Å². The summed E-state index contributed by atoms with van der Waals surface area (Å²) < 4.78 is 5.75. The number of rotatable bonds is 6. The molecule has 2 aromatic carbocycles. The molecule has 1 unspecified atom stereocenters. The smallest absolute Gasteiger partial charge is 0.265 e. The van der Waals surface area contributed by atoms with Crippen LogP contribution in [-0.2, 0) is 4.79 Å². The van der Waals surface area contributed by atoms with Gasteiger partial charge in [-0.2, -0.15) is 0 Å². The third-order valence-electron chi connectivity index (χ3n) is 5.33. The second kappa shape index (κ2) is 9.11. The SMILES string of the molecule is CCN1CCN(c2ccc(NC(=O)C(C)Oc3ccc(C)cc3)cc2C)CC1. The monoisotopic (exact) mass is 381 g/mol. The highest BCUT2D eigenvalue weighted by molar-refractivity contribution is 5.94. The van der Waals surface area contributed by atoms with Gasteiger partial charge in [0.2, 0.25) is 0 Å². The summed E-state index contributed by atoms with van der Waals surface area (Å²) in [6.07, 6.45) is -0.565. The maximum absolute atomic E-state index is 12.5. The molecule has 1 N–H and O–H groups in total. The van der Waals surface area contributed by atoms with Gasteiger partial charge in [0.05, 0.1) is 0 Å². The van der Waals surface area contributed by atoms with Crippen LogP contribution in [0.25, 0.3) is 0 Å². The second-order valence-corrected chi connectivity index (χ2v) is 7.48. The predicted molar refractivity (Wildman–Crippen MR) is 115 cm³/mol. The summed E-state index contributed by atoms with van der Waals surface area (Å²) in [5.74, 6) is 0.551. The highest BCUT2D eigenvalue weighted by Gasteiger charge is 2.19. The molecule has 0 saturated carbocycles. The molecule has 1 aliphatic rings. The molecule has 0 bridgehead atoms. The van der Waals surface area contributed by atoms with Crippen molar-refractivity contribution < 1.29 is 9.53 Å². The molecule has 1 aliphatic heterocycles. The molecule has 0 aromatic heterocycles. The van der Waals surface area contributed by atoms with Gasteiger partial charge in [-0.25, -0.2) is 0 Å². The van der Waals surface area contributed by atoms with Crippen molar-refractivity contribution in [3.8, 4) is 5.75 Å². The number of carbonyl (C=O) groups is 1. The third kappa shape index (κ3) is 5.04. The minimum absolute atomic E-state index is 0.149. The summed E-state index contributed by atoms with van der Waals surface area (Å²) in [6, 6.07) is 13.8. The summed E-state index contributed by atoms with van der Waals surface area (Å²) in [4.78, 5) is 17.4. The number of hydrogen-bond acceptors (Lipinski definition) is 4. The van der Waals surface area contributed by atoms with Crippen LogP contribution < -0.4 is 15.0 Å². The van der Waals surface area contributed by atoms with Crippen LogP contribution in [0.15, 0.2) is 42.5 Å². The molecule has 0 radical (unpaired) electrons. The van der Waals surface area contributed by atoms with Crippen LogP contribution in [0.4, 0.5) is 11.4 Å². The van der Waals surface area contributed by atoms with Crippen molar-refractivity contribution in [2.75, 3.05) is 42.9 Å². The molecule has 3 rings (SSSR count). The molecule has 5 heteroatoms. The van der Waals surface area contributed by atoms with Crippen LogP contribution in [0, 0.1) is 13.8 Å². The Morgan fingerprint density at radius 1 is 1.07 bits per heavy atom. The Hall–Kier alpha value is -2.53. The van der Waals surface area contributed by atoms with E-state index in [1.54, 1.807) is 6.92 Å². The molecule has 1 fully saturated rings. The zero-order valence-electron chi connectivity index (χ0n) is 17.4. The lowest BCUT2D eigenvalue weighted by Gasteiger charge is -2.36. The zero-order valence-corrected chi connectivity index (χ0v) is 17.4. The number of nitrogens with zero attached hydrogens (tertiary/aromatic N) is 2. The topological polar surface area (TPSA) is 44.8 Å². The van der Waals surface area contributed by atoms with Crippen molar-refractivity contribution >= 4 is 17.3 Å². The molecular formula is C23H31N3O2. The van der Waals surface area contributed by atoms with Crippen LogP contribution in [0.2, 0.25) is 0 Å². The first kappa shape index (κ1) is 20.2. The van der Waals surface area contributed by atoms with E-state index in [1.165, 1.54) is 11.3 Å². The summed E-state index contributed by atoms with van der Waals surface area (Å²) in [5, 5.41) is 2.97. The maximum Gasteiger partial charge on any atom is 0.265 e. The molecule has 1 saturated heterocycles. The van der Waals surface area contributed by atoms with E-state index in [0.29, 0.717) is 5.75 Å². The Labute approximate surface area is 168 Å². The summed E-state index contributed by atoms with van der Waals surface area (Å²) in [6.45, 7) is 13.5. The minimum atomic E-state index is -0.565. The first-order valence-corrected chi connectivity index (χ1v) is 10.1. The molecule has 5 nitrogen and oxygen atoms in total. The molecule has 28 heavy (non-hydrogen) atoms. The molecule has 1 heterocycles. The van der Waals surface area contributed by atoms with E-state index >= 15 is 0 Å². The summed E-state index contributed by atoms with van der Waals surface area (Å²) in [5.41, 5.74) is 4.39. The average molecular weight is 382 g/mol. The fourth-order valence-electron chi connectivity index (χ4n) is 3.51. The lowest BCUT2D eigenvalue weighted by Crippen LogP contribution is -2.46. The number of benzene rings is 2. The minimum Gasteiger partial charge on any atom is -0.481 e. The average Bonchev–Trinajstić information content (AvgIpc) is 2.70. The Morgan fingerprint density at radius 3 is 2.36 bits per heavy atom. The van der Waals surface area contributed by atoms with E-state index in [4.69, 9.17) is 4.74 Å².